The highest BCUT2D eigenvalue weighted by atomic mass is 19.4. The smallest absolute Gasteiger partial charge is 0.303 e. The minimum atomic E-state index is -4.89. The van der Waals surface area contributed by atoms with Crippen molar-refractivity contribution in [2.75, 3.05) is 0 Å². The van der Waals surface area contributed by atoms with Crippen molar-refractivity contribution in [2.24, 2.45) is 0 Å². The Hall–Kier alpha value is -1.97. The minimum absolute atomic E-state index is 0.0383. The maximum Gasteiger partial charge on any atom is 0.416 e. The van der Waals surface area contributed by atoms with Crippen molar-refractivity contribution >= 4 is 6.29 Å². The van der Waals surface area contributed by atoms with E-state index in [-0.39, 0.29) is 18.9 Å². The number of hydrogen-bond acceptors (Lipinski definition) is 1. The summed E-state index contributed by atoms with van der Waals surface area (Å²) in [5.41, 5.74) is -3.21. The van der Waals surface area contributed by atoms with E-state index in [1.807, 2.05) is 0 Å². The predicted molar refractivity (Wildman–Crippen MR) is 58.6 cm³/mol. The molecule has 1 aromatic rings. The molecule has 108 valence electrons. The molecule has 0 atom stereocenters. The molecule has 0 fully saturated rings. The summed E-state index contributed by atoms with van der Waals surface area (Å²) >= 11 is 0. The summed E-state index contributed by atoms with van der Waals surface area (Å²) in [7, 11) is 0. The number of unbranched alkanes of at least 4 members (excludes halogenated alkanes) is 1. The van der Waals surface area contributed by atoms with Crippen molar-refractivity contribution < 1.29 is 31.1 Å². The summed E-state index contributed by atoms with van der Waals surface area (Å²) in [6.07, 6.45) is -9.08. The third-order valence-electron chi connectivity index (χ3n) is 2.21. The summed E-state index contributed by atoms with van der Waals surface area (Å²) in [4.78, 5) is 10.0. The zero-order chi connectivity index (χ0) is 15.4. The number of hydrogen-bond donors (Lipinski definition) is 0. The molecule has 0 saturated carbocycles. The second-order valence-corrected chi connectivity index (χ2v) is 3.80. The van der Waals surface area contributed by atoms with Crippen molar-refractivity contribution in [3.63, 3.8) is 0 Å². The zero-order valence-electron chi connectivity index (χ0n) is 9.90. The quantitative estimate of drug-likeness (QED) is 0.348. The van der Waals surface area contributed by atoms with Crippen molar-refractivity contribution in [3.8, 4) is 11.8 Å². The maximum absolute atomic E-state index is 12.5. The lowest BCUT2D eigenvalue weighted by Crippen LogP contribution is -2.11. The van der Waals surface area contributed by atoms with E-state index in [9.17, 15) is 31.1 Å². The number of halogens is 6. The molecule has 0 spiro atoms. The molecule has 1 nitrogen and oxygen atoms in total. The fourth-order valence-electron chi connectivity index (χ4n) is 1.32. The summed E-state index contributed by atoms with van der Waals surface area (Å²) < 4.78 is 75.1. The van der Waals surface area contributed by atoms with E-state index in [0.29, 0.717) is 18.4 Å². The largest absolute Gasteiger partial charge is 0.416 e. The topological polar surface area (TPSA) is 17.1 Å². The van der Waals surface area contributed by atoms with Gasteiger partial charge in [0, 0.05) is 18.4 Å². The molecular weight excluding hydrogens is 286 g/mol. The number of benzene rings is 1. The molecule has 0 N–H and O–H groups in total. The average molecular weight is 294 g/mol. The van der Waals surface area contributed by atoms with Crippen molar-refractivity contribution in [1.82, 2.24) is 0 Å². The molecule has 7 heteroatoms. The predicted octanol–water partition coefficient (Wildman–Crippen LogP) is 4.05. The molecule has 0 unspecified atom stereocenters. The molecule has 0 aromatic heterocycles. The molecular formula is C13H8F6O. The molecule has 0 heterocycles. The van der Waals surface area contributed by atoms with Crippen LogP contribution < -0.4 is 0 Å². The monoisotopic (exact) mass is 294 g/mol. The molecule has 0 aliphatic rings. The maximum atomic E-state index is 12.5. The Kier molecular flexibility index (Phi) is 4.82. The van der Waals surface area contributed by atoms with Crippen LogP contribution in [-0.2, 0) is 17.1 Å². The lowest BCUT2D eigenvalue weighted by molar-refractivity contribution is -0.143. The number of rotatable bonds is 2. The first-order valence-electron chi connectivity index (χ1n) is 5.36. The van der Waals surface area contributed by atoms with Gasteiger partial charge in [0.25, 0.3) is 0 Å². The molecule has 1 aromatic carbocycles. The molecule has 0 saturated heterocycles. The Morgan fingerprint density at radius 1 is 0.950 bits per heavy atom. The van der Waals surface area contributed by atoms with Gasteiger partial charge < -0.3 is 4.79 Å². The van der Waals surface area contributed by atoms with Crippen LogP contribution in [0.4, 0.5) is 26.3 Å². The lowest BCUT2D eigenvalue weighted by atomic mass is 10.0. The fraction of sp³-hybridized carbons (Fsp3) is 0.308. The van der Waals surface area contributed by atoms with E-state index in [2.05, 4.69) is 11.8 Å². The van der Waals surface area contributed by atoms with Crippen LogP contribution in [0.5, 0.6) is 0 Å². The summed E-state index contributed by atoms with van der Waals surface area (Å²) in [5.74, 6) is 4.54. The Bertz CT molecular complexity index is 512. The Morgan fingerprint density at radius 2 is 1.45 bits per heavy atom. The van der Waals surface area contributed by atoms with Crippen LogP contribution in [0.3, 0.4) is 0 Å². The average Bonchev–Trinajstić information content (AvgIpc) is 2.32. The van der Waals surface area contributed by atoms with Gasteiger partial charge in [0.1, 0.15) is 6.29 Å². The van der Waals surface area contributed by atoms with Gasteiger partial charge in [0.15, 0.2) is 0 Å². The molecule has 0 amide bonds. The third-order valence-corrected chi connectivity index (χ3v) is 2.21. The summed E-state index contributed by atoms with van der Waals surface area (Å²) in [6, 6.07) is 1.13. The van der Waals surface area contributed by atoms with Crippen molar-refractivity contribution in [3.05, 3.63) is 34.9 Å². The van der Waals surface area contributed by atoms with E-state index in [0.717, 1.165) is 0 Å². The minimum Gasteiger partial charge on any atom is -0.303 e. The SMILES string of the molecule is O=CCCC#Cc1cc(C(F)(F)F)cc(C(F)(F)F)c1. The first-order valence-corrected chi connectivity index (χ1v) is 5.36. The zero-order valence-corrected chi connectivity index (χ0v) is 9.90. The highest BCUT2D eigenvalue weighted by molar-refractivity contribution is 5.50. The second-order valence-electron chi connectivity index (χ2n) is 3.80. The normalized spacial score (nSPS) is 11.7. The van der Waals surface area contributed by atoms with Gasteiger partial charge in [-0.1, -0.05) is 11.8 Å². The van der Waals surface area contributed by atoms with Crippen LogP contribution in [0.1, 0.15) is 29.5 Å². The summed E-state index contributed by atoms with van der Waals surface area (Å²) in [6.45, 7) is 0. The highest BCUT2D eigenvalue weighted by Crippen LogP contribution is 2.36. The number of alkyl halides is 6. The standard InChI is InChI=1S/C13H8F6O/c14-12(15,16)10-6-9(4-2-1-3-5-20)7-11(8-10)13(17,18)19/h5-8H,1,3H2. The molecule has 20 heavy (non-hydrogen) atoms. The summed E-state index contributed by atoms with van der Waals surface area (Å²) in [5, 5.41) is 0. The first kappa shape index (κ1) is 16.1. The van der Waals surface area contributed by atoms with Gasteiger partial charge in [0.2, 0.25) is 0 Å². The van der Waals surface area contributed by atoms with Crippen molar-refractivity contribution in [1.29, 1.82) is 0 Å². The van der Waals surface area contributed by atoms with E-state index >= 15 is 0 Å². The number of carbonyl (C=O) groups excluding carboxylic acids is 1. The van der Waals surface area contributed by atoms with Gasteiger partial charge >= 0.3 is 12.4 Å². The van der Waals surface area contributed by atoms with Crippen LogP contribution in [0.15, 0.2) is 18.2 Å². The molecule has 1 rings (SSSR count). The van der Waals surface area contributed by atoms with E-state index in [1.165, 1.54) is 0 Å². The number of aldehydes is 1. The fourth-order valence-corrected chi connectivity index (χ4v) is 1.32. The van der Waals surface area contributed by atoms with Crippen LogP contribution >= 0.6 is 0 Å². The molecule has 0 radical (unpaired) electrons. The van der Waals surface area contributed by atoms with Crippen molar-refractivity contribution in [2.45, 2.75) is 25.2 Å². The second kappa shape index (κ2) is 5.99. The molecule has 0 aliphatic carbocycles. The highest BCUT2D eigenvalue weighted by Gasteiger charge is 2.36. The van der Waals surface area contributed by atoms with E-state index in [4.69, 9.17) is 0 Å². The van der Waals surface area contributed by atoms with Crippen LogP contribution in [-0.4, -0.2) is 6.29 Å². The lowest BCUT2D eigenvalue weighted by Gasteiger charge is -2.12. The number of carbonyl (C=O) groups is 1. The Labute approximate surface area is 110 Å². The van der Waals surface area contributed by atoms with Crippen LogP contribution in [0, 0.1) is 11.8 Å². The van der Waals surface area contributed by atoms with Gasteiger partial charge in [-0.3, -0.25) is 0 Å². The van der Waals surface area contributed by atoms with Gasteiger partial charge in [-0.25, -0.2) is 0 Å². The van der Waals surface area contributed by atoms with E-state index in [1.54, 1.807) is 0 Å². The van der Waals surface area contributed by atoms with Crippen LogP contribution in [0.2, 0.25) is 0 Å². The first-order chi connectivity index (χ1) is 9.14. The van der Waals surface area contributed by atoms with Crippen LogP contribution in [0.25, 0.3) is 0 Å². The Morgan fingerprint density at radius 3 is 1.85 bits per heavy atom. The Balaban J connectivity index is 3.23. The van der Waals surface area contributed by atoms with Gasteiger partial charge in [-0.05, 0) is 18.2 Å². The van der Waals surface area contributed by atoms with Gasteiger partial charge in [0.05, 0.1) is 11.1 Å². The third kappa shape index (κ3) is 4.61. The molecule has 0 aliphatic heterocycles. The van der Waals surface area contributed by atoms with Gasteiger partial charge in [-0.15, -0.1) is 0 Å². The van der Waals surface area contributed by atoms with E-state index < -0.39 is 29.0 Å². The van der Waals surface area contributed by atoms with Gasteiger partial charge in [-0.2, -0.15) is 26.3 Å². The molecule has 0 bridgehead atoms.